The third kappa shape index (κ3) is 5.93. The zero-order valence-corrected chi connectivity index (χ0v) is 30.4. The van der Waals surface area contributed by atoms with E-state index < -0.39 is 8.32 Å². The first kappa shape index (κ1) is 32.5. The van der Waals surface area contributed by atoms with E-state index in [1.54, 1.807) is 0 Å². The fourth-order valence-electron chi connectivity index (χ4n) is 8.49. The maximum Gasteiger partial charge on any atom is 0.319 e. The molecule has 4 nitrogen and oxygen atoms in total. The molecule has 2 unspecified atom stereocenters. The fraction of sp³-hybridized carbons (Fsp3) is 0.267. The van der Waals surface area contributed by atoms with Crippen LogP contribution in [0.25, 0.3) is 22.6 Å². The number of rotatable bonds is 8. The number of hydrogen-bond donors (Lipinski definition) is 0. The van der Waals surface area contributed by atoms with E-state index in [-0.39, 0.29) is 11.1 Å². The molecule has 1 fully saturated rings. The Morgan fingerprint density at radius 3 is 1.92 bits per heavy atom. The molecule has 0 radical (unpaired) electrons. The van der Waals surface area contributed by atoms with Gasteiger partial charge in [0, 0.05) is 17.2 Å². The molecule has 50 heavy (non-hydrogen) atoms. The van der Waals surface area contributed by atoms with Crippen LogP contribution >= 0.6 is 0 Å². The van der Waals surface area contributed by atoms with Crippen LogP contribution in [0.2, 0.25) is 5.04 Å². The summed E-state index contributed by atoms with van der Waals surface area (Å²) in [5.74, 6) is 2.76. The zero-order valence-electron chi connectivity index (χ0n) is 29.4. The SMILES string of the molecule is CC(C)(C)[Si](Oc1cccc2c1CCC(N1CCCC1c1nc(-c3ccccc3)c(-c3ccccc3)o1)C2)(c1ccccc1)c1ccccc1. The van der Waals surface area contributed by atoms with E-state index in [1.807, 2.05) is 6.07 Å². The summed E-state index contributed by atoms with van der Waals surface area (Å²) >= 11 is 0. The summed E-state index contributed by atoms with van der Waals surface area (Å²) in [6, 6.07) is 50.2. The van der Waals surface area contributed by atoms with Crippen molar-refractivity contribution in [2.75, 3.05) is 6.54 Å². The molecule has 0 saturated carbocycles. The molecule has 0 bridgehead atoms. The Morgan fingerprint density at radius 2 is 1.30 bits per heavy atom. The van der Waals surface area contributed by atoms with Gasteiger partial charge in [0.2, 0.25) is 5.89 Å². The average Bonchev–Trinajstić information content (AvgIpc) is 3.83. The lowest BCUT2D eigenvalue weighted by Gasteiger charge is -2.44. The molecule has 1 aromatic heterocycles. The van der Waals surface area contributed by atoms with Crippen LogP contribution in [0, 0.1) is 0 Å². The van der Waals surface area contributed by atoms with Crippen molar-refractivity contribution < 1.29 is 8.84 Å². The number of benzene rings is 5. The molecule has 1 aliphatic heterocycles. The first-order chi connectivity index (χ1) is 24.4. The summed E-state index contributed by atoms with van der Waals surface area (Å²) in [5, 5.41) is 2.52. The number of fused-ring (bicyclic) bond motifs is 1. The third-order valence-corrected chi connectivity index (χ3v) is 15.8. The third-order valence-electron chi connectivity index (χ3n) is 10.9. The fourth-order valence-corrected chi connectivity index (χ4v) is 12.9. The van der Waals surface area contributed by atoms with Gasteiger partial charge in [-0.2, -0.15) is 0 Å². The summed E-state index contributed by atoms with van der Waals surface area (Å²) in [6.45, 7) is 8.13. The molecule has 5 heteroatoms. The highest BCUT2D eigenvalue weighted by Crippen LogP contribution is 2.44. The quantitative estimate of drug-likeness (QED) is 0.151. The van der Waals surface area contributed by atoms with Gasteiger partial charge in [-0.15, -0.1) is 0 Å². The molecule has 2 atom stereocenters. The van der Waals surface area contributed by atoms with Crippen LogP contribution in [0.15, 0.2) is 144 Å². The van der Waals surface area contributed by atoms with Gasteiger partial charge in [-0.1, -0.05) is 154 Å². The average molecular weight is 675 g/mol. The van der Waals surface area contributed by atoms with Gasteiger partial charge >= 0.3 is 8.32 Å². The predicted molar refractivity (Wildman–Crippen MR) is 207 cm³/mol. The second-order valence-corrected chi connectivity index (χ2v) is 19.1. The molecule has 1 saturated heterocycles. The summed E-state index contributed by atoms with van der Waals surface area (Å²) in [6.07, 6.45) is 5.29. The molecule has 0 spiro atoms. The highest BCUT2D eigenvalue weighted by atomic mass is 28.4. The van der Waals surface area contributed by atoms with E-state index >= 15 is 0 Å². The molecule has 1 aliphatic carbocycles. The first-order valence-corrected chi connectivity index (χ1v) is 20.1. The van der Waals surface area contributed by atoms with E-state index in [0.717, 1.165) is 72.9 Å². The number of hydrogen-bond acceptors (Lipinski definition) is 4. The zero-order chi connectivity index (χ0) is 34.1. The summed E-state index contributed by atoms with van der Waals surface area (Å²) in [5.41, 5.74) is 5.87. The lowest BCUT2D eigenvalue weighted by molar-refractivity contribution is 0.145. The largest absolute Gasteiger partial charge is 0.534 e. The Morgan fingerprint density at radius 1 is 0.700 bits per heavy atom. The molecular formula is C45H46N2O2Si. The van der Waals surface area contributed by atoms with Crippen molar-refractivity contribution in [3.8, 4) is 28.3 Å². The minimum absolute atomic E-state index is 0.0916. The second kappa shape index (κ2) is 13.5. The lowest BCUT2D eigenvalue weighted by Crippen LogP contribution is -2.69. The van der Waals surface area contributed by atoms with E-state index in [1.165, 1.54) is 21.5 Å². The summed E-state index contributed by atoms with van der Waals surface area (Å²) < 4.78 is 14.3. The highest BCUT2D eigenvalue weighted by molar-refractivity contribution is 7.00. The van der Waals surface area contributed by atoms with E-state index in [0.29, 0.717) is 6.04 Å². The minimum atomic E-state index is -2.74. The van der Waals surface area contributed by atoms with Crippen molar-refractivity contribution in [3.63, 3.8) is 0 Å². The van der Waals surface area contributed by atoms with Gasteiger partial charge in [0.1, 0.15) is 11.4 Å². The monoisotopic (exact) mass is 674 g/mol. The molecule has 2 aliphatic rings. The Hall–Kier alpha value is -4.71. The van der Waals surface area contributed by atoms with Crippen LogP contribution in [0.5, 0.6) is 5.75 Å². The topological polar surface area (TPSA) is 38.5 Å². The lowest BCUT2D eigenvalue weighted by atomic mass is 9.86. The molecule has 252 valence electrons. The smallest absolute Gasteiger partial charge is 0.319 e. The van der Waals surface area contributed by atoms with Gasteiger partial charge in [-0.25, -0.2) is 4.98 Å². The van der Waals surface area contributed by atoms with Gasteiger partial charge in [0.15, 0.2) is 5.76 Å². The van der Waals surface area contributed by atoms with Crippen molar-refractivity contribution >= 4 is 18.7 Å². The van der Waals surface area contributed by atoms with E-state index in [9.17, 15) is 0 Å². The van der Waals surface area contributed by atoms with Crippen LogP contribution < -0.4 is 14.8 Å². The predicted octanol–water partition coefficient (Wildman–Crippen LogP) is 9.64. The van der Waals surface area contributed by atoms with Gasteiger partial charge < -0.3 is 8.84 Å². The standard InChI is InChI=1S/C45H46N2O2Si/c1-45(2,3)50(37-23-12-6-13-24-37,38-25-14-7-15-26-38)49-41-28-16-22-35-32-36(29-30-39(35)41)47-31-17-27-40(47)44-46-42(33-18-8-4-9-19-33)43(48-44)34-20-10-5-11-21-34/h4-16,18-26,28,36,40H,17,27,29-32H2,1-3H3. The van der Waals surface area contributed by atoms with Crippen LogP contribution in [0.1, 0.15) is 63.1 Å². The molecule has 5 aromatic carbocycles. The number of likely N-dealkylation sites (tertiary alicyclic amines) is 1. The number of oxazole rings is 1. The van der Waals surface area contributed by atoms with Gasteiger partial charge in [0.05, 0.1) is 6.04 Å². The molecular weight excluding hydrogens is 629 g/mol. The van der Waals surface area contributed by atoms with Crippen LogP contribution in [-0.2, 0) is 12.8 Å². The van der Waals surface area contributed by atoms with Gasteiger partial charge in [-0.3, -0.25) is 4.90 Å². The van der Waals surface area contributed by atoms with Crippen molar-refractivity contribution in [2.45, 2.75) is 70.0 Å². The minimum Gasteiger partial charge on any atom is -0.534 e. The summed E-state index contributed by atoms with van der Waals surface area (Å²) in [4.78, 5) is 7.93. The Kier molecular flexibility index (Phi) is 8.80. The van der Waals surface area contributed by atoms with Crippen LogP contribution in [-0.4, -0.2) is 30.8 Å². The van der Waals surface area contributed by atoms with Crippen molar-refractivity contribution in [3.05, 3.63) is 157 Å². The maximum absolute atomic E-state index is 7.59. The molecule has 2 heterocycles. The van der Waals surface area contributed by atoms with E-state index in [2.05, 4.69) is 159 Å². The Balaban J connectivity index is 1.11. The summed E-state index contributed by atoms with van der Waals surface area (Å²) in [7, 11) is -2.74. The first-order valence-electron chi connectivity index (χ1n) is 18.2. The maximum atomic E-state index is 7.59. The second-order valence-electron chi connectivity index (χ2n) is 14.9. The molecule has 8 rings (SSSR count). The van der Waals surface area contributed by atoms with Crippen LogP contribution in [0.3, 0.4) is 0 Å². The number of aromatic nitrogens is 1. The normalized spacial score (nSPS) is 18.1. The van der Waals surface area contributed by atoms with Crippen molar-refractivity contribution in [1.29, 1.82) is 0 Å². The Labute approximate surface area is 297 Å². The highest BCUT2D eigenvalue weighted by Gasteiger charge is 2.52. The Bertz CT molecular complexity index is 1940. The molecule has 0 N–H and O–H groups in total. The molecule has 0 amide bonds. The van der Waals surface area contributed by atoms with Gasteiger partial charge in [-0.05, 0) is 71.3 Å². The van der Waals surface area contributed by atoms with Crippen LogP contribution in [0.4, 0.5) is 0 Å². The van der Waals surface area contributed by atoms with E-state index in [4.69, 9.17) is 13.8 Å². The van der Waals surface area contributed by atoms with Crippen molar-refractivity contribution in [2.24, 2.45) is 0 Å². The van der Waals surface area contributed by atoms with Gasteiger partial charge in [0.25, 0.3) is 0 Å². The molecule has 6 aromatic rings. The number of nitrogens with zero attached hydrogens (tertiary/aromatic N) is 2. The van der Waals surface area contributed by atoms with Crippen molar-refractivity contribution in [1.82, 2.24) is 9.88 Å².